The summed E-state index contributed by atoms with van der Waals surface area (Å²) in [6.45, 7) is 0.888. The SMILES string of the molecule is O=C(NCc1ccccc1)c1ccccc1OC[C@@H]1CC1(Cl)Cl. The van der Waals surface area contributed by atoms with Gasteiger partial charge < -0.3 is 10.1 Å². The van der Waals surface area contributed by atoms with Crippen LogP contribution in [0.25, 0.3) is 0 Å². The van der Waals surface area contributed by atoms with Crippen LogP contribution in [0.1, 0.15) is 22.3 Å². The van der Waals surface area contributed by atoms with Crippen LogP contribution < -0.4 is 10.1 Å². The van der Waals surface area contributed by atoms with Gasteiger partial charge in [-0.3, -0.25) is 4.79 Å². The van der Waals surface area contributed by atoms with Gasteiger partial charge in [0.05, 0.1) is 12.2 Å². The number of para-hydroxylation sites is 1. The molecule has 1 amide bonds. The van der Waals surface area contributed by atoms with Gasteiger partial charge in [-0.1, -0.05) is 42.5 Å². The summed E-state index contributed by atoms with van der Waals surface area (Å²) in [5, 5.41) is 2.90. The van der Waals surface area contributed by atoms with Gasteiger partial charge in [-0.2, -0.15) is 0 Å². The van der Waals surface area contributed by atoms with Gasteiger partial charge in [0.2, 0.25) is 0 Å². The molecule has 0 unspecified atom stereocenters. The Kier molecular flexibility index (Phi) is 4.79. The van der Waals surface area contributed by atoms with Gasteiger partial charge in [0.25, 0.3) is 5.91 Å². The van der Waals surface area contributed by atoms with Crippen molar-refractivity contribution in [3.05, 3.63) is 65.7 Å². The minimum Gasteiger partial charge on any atom is -0.492 e. The lowest BCUT2D eigenvalue weighted by atomic mass is 10.1. The van der Waals surface area contributed by atoms with Crippen molar-refractivity contribution in [3.8, 4) is 5.75 Å². The van der Waals surface area contributed by atoms with Gasteiger partial charge in [-0.15, -0.1) is 23.2 Å². The van der Waals surface area contributed by atoms with E-state index in [1.54, 1.807) is 12.1 Å². The number of hydrogen-bond acceptors (Lipinski definition) is 2. The van der Waals surface area contributed by atoms with Crippen LogP contribution in [-0.4, -0.2) is 16.8 Å². The molecule has 1 fully saturated rings. The number of benzene rings is 2. The van der Waals surface area contributed by atoms with E-state index >= 15 is 0 Å². The van der Waals surface area contributed by atoms with E-state index in [-0.39, 0.29) is 11.8 Å². The molecular formula is C18H17Cl2NO2. The summed E-state index contributed by atoms with van der Waals surface area (Å²) < 4.78 is 5.06. The normalized spacial score (nSPS) is 18.3. The first kappa shape index (κ1) is 16.2. The van der Waals surface area contributed by atoms with Crippen LogP contribution in [0.5, 0.6) is 5.75 Å². The molecule has 1 N–H and O–H groups in total. The molecule has 0 heterocycles. The maximum absolute atomic E-state index is 12.4. The highest BCUT2D eigenvalue weighted by atomic mass is 35.5. The molecule has 0 bridgehead atoms. The highest BCUT2D eigenvalue weighted by Crippen LogP contribution is 2.53. The van der Waals surface area contributed by atoms with E-state index in [1.807, 2.05) is 42.5 Å². The number of nitrogens with one attached hydrogen (secondary N) is 1. The van der Waals surface area contributed by atoms with Gasteiger partial charge in [0.1, 0.15) is 10.1 Å². The van der Waals surface area contributed by atoms with Crippen molar-refractivity contribution in [2.75, 3.05) is 6.61 Å². The third kappa shape index (κ3) is 4.18. The smallest absolute Gasteiger partial charge is 0.255 e. The Labute approximate surface area is 145 Å². The second-order valence-electron chi connectivity index (χ2n) is 5.64. The molecule has 0 saturated heterocycles. The van der Waals surface area contributed by atoms with E-state index < -0.39 is 4.33 Å². The van der Waals surface area contributed by atoms with Crippen LogP contribution in [0, 0.1) is 5.92 Å². The molecule has 1 saturated carbocycles. The lowest BCUT2D eigenvalue weighted by Gasteiger charge is -2.12. The molecular weight excluding hydrogens is 333 g/mol. The molecule has 0 radical (unpaired) electrons. The lowest BCUT2D eigenvalue weighted by Crippen LogP contribution is -2.23. The van der Waals surface area contributed by atoms with Crippen LogP contribution in [-0.2, 0) is 6.54 Å². The fraction of sp³-hybridized carbons (Fsp3) is 0.278. The Morgan fingerprint density at radius 3 is 2.48 bits per heavy atom. The molecule has 5 heteroatoms. The maximum Gasteiger partial charge on any atom is 0.255 e. The second kappa shape index (κ2) is 6.81. The second-order valence-corrected chi connectivity index (χ2v) is 7.18. The molecule has 0 spiro atoms. The van der Waals surface area contributed by atoms with Crippen LogP contribution in [0.15, 0.2) is 54.6 Å². The van der Waals surface area contributed by atoms with E-state index in [0.717, 1.165) is 12.0 Å². The molecule has 1 aliphatic rings. The van der Waals surface area contributed by atoms with E-state index in [9.17, 15) is 4.79 Å². The van der Waals surface area contributed by atoms with E-state index in [1.165, 1.54) is 0 Å². The fourth-order valence-corrected chi connectivity index (χ4v) is 2.79. The van der Waals surface area contributed by atoms with Crippen LogP contribution in [0.3, 0.4) is 0 Å². The number of carbonyl (C=O) groups excluding carboxylic acids is 1. The summed E-state index contributed by atoms with van der Waals surface area (Å²) in [6, 6.07) is 16.9. The predicted octanol–water partition coefficient (Wildman–Crippen LogP) is 4.19. The maximum atomic E-state index is 12.4. The first-order chi connectivity index (χ1) is 11.1. The van der Waals surface area contributed by atoms with E-state index in [0.29, 0.717) is 24.5 Å². The average Bonchev–Trinajstić information content (AvgIpc) is 3.19. The van der Waals surface area contributed by atoms with Crippen molar-refractivity contribution in [2.24, 2.45) is 5.92 Å². The van der Waals surface area contributed by atoms with Crippen molar-refractivity contribution >= 4 is 29.1 Å². The van der Waals surface area contributed by atoms with E-state index in [4.69, 9.17) is 27.9 Å². The first-order valence-electron chi connectivity index (χ1n) is 7.48. The summed E-state index contributed by atoms with van der Waals surface area (Å²) in [5.74, 6) is 0.503. The molecule has 1 atom stereocenters. The Morgan fingerprint density at radius 1 is 1.13 bits per heavy atom. The van der Waals surface area contributed by atoms with E-state index in [2.05, 4.69) is 5.32 Å². The van der Waals surface area contributed by atoms with Crippen molar-refractivity contribution in [1.82, 2.24) is 5.32 Å². The summed E-state index contributed by atoms with van der Waals surface area (Å²) in [5.41, 5.74) is 1.56. The molecule has 3 rings (SSSR count). The number of carbonyl (C=O) groups is 1. The van der Waals surface area contributed by atoms with Crippen molar-refractivity contribution in [1.29, 1.82) is 0 Å². The summed E-state index contributed by atoms with van der Waals surface area (Å²) in [6.07, 6.45) is 0.721. The molecule has 0 aromatic heterocycles. The topological polar surface area (TPSA) is 38.3 Å². The van der Waals surface area contributed by atoms with Crippen LogP contribution >= 0.6 is 23.2 Å². The molecule has 1 aliphatic carbocycles. The van der Waals surface area contributed by atoms with Gasteiger partial charge in [0, 0.05) is 12.5 Å². The largest absolute Gasteiger partial charge is 0.492 e. The highest BCUT2D eigenvalue weighted by Gasteiger charge is 2.52. The zero-order valence-corrected chi connectivity index (χ0v) is 14.0. The van der Waals surface area contributed by atoms with Crippen LogP contribution in [0.2, 0.25) is 0 Å². The number of ether oxygens (including phenoxy) is 1. The monoisotopic (exact) mass is 349 g/mol. The number of amides is 1. The third-order valence-corrected chi connectivity index (χ3v) is 4.75. The number of halogens is 2. The Balaban J connectivity index is 1.61. The standard InChI is InChI=1S/C18H17Cl2NO2/c19-18(20)10-14(18)12-23-16-9-5-4-8-15(16)17(22)21-11-13-6-2-1-3-7-13/h1-9,14H,10-12H2,(H,21,22)/t14-/m0/s1. The van der Waals surface area contributed by atoms with Gasteiger partial charge in [-0.05, 0) is 24.1 Å². The Morgan fingerprint density at radius 2 is 1.78 bits per heavy atom. The third-order valence-electron chi connectivity index (χ3n) is 3.82. The zero-order chi connectivity index (χ0) is 16.3. The number of hydrogen-bond donors (Lipinski definition) is 1. The summed E-state index contributed by atoms with van der Waals surface area (Å²) >= 11 is 12.0. The van der Waals surface area contributed by atoms with Gasteiger partial charge in [0.15, 0.2) is 0 Å². The quantitative estimate of drug-likeness (QED) is 0.794. The lowest BCUT2D eigenvalue weighted by molar-refractivity contribution is 0.0946. The minimum atomic E-state index is -0.676. The van der Waals surface area contributed by atoms with Crippen LogP contribution in [0.4, 0.5) is 0 Å². The first-order valence-corrected chi connectivity index (χ1v) is 8.23. The van der Waals surface area contributed by atoms with Crippen molar-refractivity contribution < 1.29 is 9.53 Å². The molecule has 3 nitrogen and oxygen atoms in total. The highest BCUT2D eigenvalue weighted by molar-refractivity contribution is 6.50. The molecule has 23 heavy (non-hydrogen) atoms. The summed E-state index contributed by atoms with van der Waals surface area (Å²) in [7, 11) is 0. The number of rotatable bonds is 6. The Hall–Kier alpha value is -1.71. The van der Waals surface area contributed by atoms with Crippen molar-refractivity contribution in [2.45, 2.75) is 17.3 Å². The molecule has 0 aliphatic heterocycles. The molecule has 120 valence electrons. The van der Waals surface area contributed by atoms with Crippen molar-refractivity contribution in [3.63, 3.8) is 0 Å². The van der Waals surface area contributed by atoms with Gasteiger partial charge in [-0.25, -0.2) is 0 Å². The average molecular weight is 350 g/mol. The minimum absolute atomic E-state index is 0.117. The number of alkyl halides is 2. The summed E-state index contributed by atoms with van der Waals surface area (Å²) in [4.78, 5) is 12.4. The predicted molar refractivity (Wildman–Crippen MR) is 92.1 cm³/mol. The molecule has 2 aromatic carbocycles. The fourth-order valence-electron chi connectivity index (χ4n) is 2.29. The van der Waals surface area contributed by atoms with Gasteiger partial charge >= 0.3 is 0 Å². The Bertz CT molecular complexity index is 688. The zero-order valence-electron chi connectivity index (χ0n) is 12.5. The molecule has 2 aromatic rings.